The number of hydrogen-bond acceptors (Lipinski definition) is 6. The summed E-state index contributed by atoms with van der Waals surface area (Å²) in [6.07, 6.45) is 2.21. The van der Waals surface area contributed by atoms with E-state index in [0.717, 1.165) is 10.6 Å². The van der Waals surface area contributed by atoms with Gasteiger partial charge in [0.15, 0.2) is 0 Å². The van der Waals surface area contributed by atoms with Crippen LogP contribution >= 0.6 is 34.8 Å². The molecule has 0 N–H and O–H groups in total. The average molecular weight is 618 g/mol. The number of nitrogens with zero attached hydrogens (tertiary/aromatic N) is 6. The third-order valence-electron chi connectivity index (χ3n) is 7.86. The fourth-order valence-electron chi connectivity index (χ4n) is 5.46. The van der Waals surface area contributed by atoms with Gasteiger partial charge in [-0.25, -0.2) is 4.68 Å². The number of benzene rings is 2. The molecule has 2 aromatic carbocycles. The first-order valence-corrected chi connectivity index (χ1v) is 14.6. The highest BCUT2D eigenvalue weighted by atomic mass is 35.5. The van der Waals surface area contributed by atoms with Gasteiger partial charge in [-0.05, 0) is 50.5 Å². The predicted octanol–water partition coefficient (Wildman–Crippen LogP) is 5.32. The highest BCUT2D eigenvalue weighted by Crippen LogP contribution is 2.33. The molecule has 0 spiro atoms. The Balaban J connectivity index is 1.30. The number of halogens is 3. The van der Waals surface area contributed by atoms with Crippen LogP contribution in [0.1, 0.15) is 60.5 Å². The second kappa shape index (κ2) is 11.4. The molecule has 3 heterocycles. The molecule has 5 rings (SSSR count). The zero-order chi connectivity index (χ0) is 29.6. The average Bonchev–Trinajstić information content (AvgIpc) is 3.53. The highest BCUT2D eigenvalue weighted by molar-refractivity contribution is 6.43. The van der Waals surface area contributed by atoms with Gasteiger partial charge in [-0.3, -0.25) is 24.2 Å². The molecule has 0 saturated carbocycles. The van der Waals surface area contributed by atoms with Gasteiger partial charge in [-0.2, -0.15) is 0 Å². The molecule has 3 aromatic rings. The topological polar surface area (TPSA) is 91.6 Å². The van der Waals surface area contributed by atoms with Gasteiger partial charge in [0.25, 0.3) is 11.8 Å². The van der Waals surface area contributed by atoms with Crippen molar-refractivity contribution in [3.8, 4) is 5.69 Å². The summed E-state index contributed by atoms with van der Waals surface area (Å²) in [5.41, 5.74) is 1.48. The van der Waals surface area contributed by atoms with Crippen LogP contribution in [0.25, 0.3) is 5.69 Å². The number of aromatic nitrogens is 3. The van der Waals surface area contributed by atoms with Crippen LogP contribution < -0.4 is 0 Å². The molecule has 216 valence electrons. The van der Waals surface area contributed by atoms with E-state index in [9.17, 15) is 14.4 Å². The normalized spacial score (nSPS) is 17.0. The summed E-state index contributed by atoms with van der Waals surface area (Å²) in [4.78, 5) is 45.4. The van der Waals surface area contributed by atoms with Crippen molar-refractivity contribution in [2.24, 2.45) is 5.92 Å². The molecule has 0 aliphatic carbocycles. The van der Waals surface area contributed by atoms with E-state index >= 15 is 0 Å². The van der Waals surface area contributed by atoms with Gasteiger partial charge >= 0.3 is 0 Å². The van der Waals surface area contributed by atoms with E-state index in [2.05, 4.69) is 29.1 Å². The number of rotatable bonds is 7. The predicted molar refractivity (Wildman–Crippen MR) is 158 cm³/mol. The van der Waals surface area contributed by atoms with Crippen molar-refractivity contribution in [2.45, 2.75) is 45.7 Å². The number of amides is 3. The first kappa shape index (κ1) is 29.5. The van der Waals surface area contributed by atoms with Crippen molar-refractivity contribution >= 4 is 52.5 Å². The Hall–Kier alpha value is -2.98. The van der Waals surface area contributed by atoms with E-state index in [1.165, 1.54) is 0 Å². The number of carbonyl (C=O) groups is 3. The molecule has 1 saturated heterocycles. The van der Waals surface area contributed by atoms with E-state index < -0.39 is 23.4 Å². The number of carbonyl (C=O) groups excluding carboxylic acids is 3. The third kappa shape index (κ3) is 5.48. The third-order valence-corrected chi connectivity index (χ3v) is 8.88. The molecule has 41 heavy (non-hydrogen) atoms. The largest absolute Gasteiger partial charge is 0.338 e. The van der Waals surface area contributed by atoms with Crippen molar-refractivity contribution in [1.82, 2.24) is 29.7 Å². The maximum Gasteiger partial charge on any atom is 0.262 e. The number of fused-ring (bicyclic) bond motifs is 1. The summed E-state index contributed by atoms with van der Waals surface area (Å²) in [6.45, 7) is 10.1. The quantitative estimate of drug-likeness (QED) is 0.263. The van der Waals surface area contributed by atoms with E-state index in [1.54, 1.807) is 46.0 Å². The first-order chi connectivity index (χ1) is 19.4. The van der Waals surface area contributed by atoms with Gasteiger partial charge in [-0.1, -0.05) is 66.0 Å². The minimum Gasteiger partial charge on any atom is -0.338 e. The Bertz CT molecular complexity index is 1480. The Kier molecular flexibility index (Phi) is 8.18. The van der Waals surface area contributed by atoms with Crippen molar-refractivity contribution in [1.29, 1.82) is 0 Å². The Morgan fingerprint density at radius 1 is 0.927 bits per heavy atom. The van der Waals surface area contributed by atoms with Crippen LogP contribution in [0.3, 0.4) is 0 Å². The van der Waals surface area contributed by atoms with Crippen LogP contribution in [0.4, 0.5) is 0 Å². The van der Waals surface area contributed by atoms with Crippen molar-refractivity contribution < 1.29 is 14.4 Å². The van der Waals surface area contributed by atoms with Crippen LogP contribution in [0.5, 0.6) is 0 Å². The number of imide groups is 1. The molecule has 0 radical (unpaired) electrons. The Labute approximate surface area is 253 Å². The molecule has 1 aromatic heterocycles. The van der Waals surface area contributed by atoms with Gasteiger partial charge in [-0.15, -0.1) is 5.10 Å². The molecule has 1 atom stereocenters. The zero-order valence-corrected chi connectivity index (χ0v) is 25.5. The molecular formula is C29H31Cl3N6O3. The van der Waals surface area contributed by atoms with Crippen molar-refractivity contribution in [3.05, 3.63) is 74.5 Å². The van der Waals surface area contributed by atoms with E-state index in [-0.39, 0.29) is 11.8 Å². The fraction of sp³-hybridized carbons (Fsp3) is 0.414. The molecule has 1 unspecified atom stereocenters. The molecule has 3 amide bonds. The SMILES string of the molecule is CC(C)CC(C(=O)N1CCN(C(C)(C)c2cn(-c3cc(Cl)c(Cl)cc3Cl)nn2)CC1)N1C(=O)c2ccccc2C1=O. The van der Waals surface area contributed by atoms with Gasteiger partial charge < -0.3 is 4.90 Å². The van der Waals surface area contributed by atoms with E-state index in [1.807, 2.05) is 20.0 Å². The first-order valence-electron chi connectivity index (χ1n) is 13.5. The van der Waals surface area contributed by atoms with Crippen LogP contribution in [0, 0.1) is 5.92 Å². The molecule has 12 heteroatoms. The van der Waals surface area contributed by atoms with Crippen LogP contribution in [-0.4, -0.2) is 79.6 Å². The minimum atomic E-state index is -0.849. The minimum absolute atomic E-state index is 0.111. The van der Waals surface area contributed by atoms with Gasteiger partial charge in [0.2, 0.25) is 5.91 Å². The smallest absolute Gasteiger partial charge is 0.262 e. The molecule has 1 fully saturated rings. The van der Waals surface area contributed by atoms with Gasteiger partial charge in [0.05, 0.1) is 43.6 Å². The number of hydrogen-bond donors (Lipinski definition) is 0. The lowest BCUT2D eigenvalue weighted by Gasteiger charge is -2.44. The standard InChI is InChI=1S/C29H31Cl3N6O3/c1-17(2)13-24(38-26(39)18-7-5-6-8-19(18)27(38)40)28(41)35-9-11-36(12-10-35)29(3,4)25-16-37(34-33-25)23-15-21(31)20(30)14-22(23)32/h5-8,14-17,24H,9-13H2,1-4H3. The van der Waals surface area contributed by atoms with E-state index in [0.29, 0.717) is 64.5 Å². The summed E-state index contributed by atoms with van der Waals surface area (Å²) in [6, 6.07) is 9.09. The molecular weight excluding hydrogens is 587 g/mol. The van der Waals surface area contributed by atoms with Gasteiger partial charge in [0, 0.05) is 26.2 Å². The lowest BCUT2D eigenvalue weighted by atomic mass is 9.97. The maximum atomic E-state index is 13.8. The summed E-state index contributed by atoms with van der Waals surface area (Å²) < 4.78 is 1.57. The molecule has 2 aliphatic rings. The fourth-order valence-corrected chi connectivity index (χ4v) is 6.09. The molecule has 9 nitrogen and oxygen atoms in total. The lowest BCUT2D eigenvalue weighted by Crippen LogP contribution is -2.58. The van der Waals surface area contributed by atoms with Gasteiger partial charge in [0.1, 0.15) is 11.7 Å². The van der Waals surface area contributed by atoms with Crippen molar-refractivity contribution in [3.63, 3.8) is 0 Å². The second-order valence-corrected chi connectivity index (χ2v) is 12.5. The summed E-state index contributed by atoms with van der Waals surface area (Å²) >= 11 is 18.6. The Morgan fingerprint density at radius 2 is 1.51 bits per heavy atom. The zero-order valence-electron chi connectivity index (χ0n) is 23.3. The van der Waals surface area contributed by atoms with E-state index in [4.69, 9.17) is 34.8 Å². The number of piperazine rings is 1. The molecule has 2 aliphatic heterocycles. The summed E-state index contributed by atoms with van der Waals surface area (Å²) in [5.74, 6) is -0.907. The summed E-state index contributed by atoms with van der Waals surface area (Å²) in [7, 11) is 0. The van der Waals surface area contributed by atoms with Crippen LogP contribution in [-0.2, 0) is 10.3 Å². The van der Waals surface area contributed by atoms with Crippen molar-refractivity contribution in [2.75, 3.05) is 26.2 Å². The Morgan fingerprint density at radius 3 is 2.10 bits per heavy atom. The van der Waals surface area contributed by atoms with Crippen LogP contribution in [0.2, 0.25) is 15.1 Å². The monoisotopic (exact) mass is 616 g/mol. The highest BCUT2D eigenvalue weighted by Gasteiger charge is 2.45. The maximum absolute atomic E-state index is 13.8. The molecule has 0 bridgehead atoms. The second-order valence-electron chi connectivity index (χ2n) is 11.3. The van der Waals surface area contributed by atoms with Crippen LogP contribution in [0.15, 0.2) is 42.6 Å². The summed E-state index contributed by atoms with van der Waals surface area (Å²) in [5, 5.41) is 9.79. The lowest BCUT2D eigenvalue weighted by molar-refractivity contribution is -0.138.